The lowest BCUT2D eigenvalue weighted by atomic mass is 9.97. The highest BCUT2D eigenvalue weighted by Gasteiger charge is 2.34. The normalized spacial score (nSPS) is 22.3. The molecule has 0 spiro atoms. The third kappa shape index (κ3) is 3.31. The van der Waals surface area contributed by atoms with Crippen molar-refractivity contribution in [2.75, 3.05) is 38.6 Å². The number of piperidine rings is 1. The number of benzene rings is 1. The molecule has 3 aliphatic rings. The second-order valence-electron chi connectivity index (χ2n) is 8.74. The van der Waals surface area contributed by atoms with E-state index in [0.29, 0.717) is 0 Å². The average molecular weight is 395 g/mol. The number of rotatable bonds is 2. The van der Waals surface area contributed by atoms with Gasteiger partial charge in [-0.05, 0) is 62.9 Å². The minimum atomic E-state index is 0.0274. The molecule has 29 heavy (non-hydrogen) atoms. The molecule has 3 aliphatic heterocycles. The molecule has 1 fully saturated rings. The molecule has 5 rings (SSSR count). The molecule has 1 aromatic heterocycles. The zero-order chi connectivity index (χ0) is 20.0. The highest BCUT2D eigenvalue weighted by atomic mass is 16.2. The molecule has 2 aromatic rings. The van der Waals surface area contributed by atoms with E-state index in [-0.39, 0.29) is 11.9 Å². The molecule has 0 N–H and O–H groups in total. The van der Waals surface area contributed by atoms with Gasteiger partial charge in [-0.25, -0.2) is 0 Å². The summed E-state index contributed by atoms with van der Waals surface area (Å²) in [6, 6.07) is 6.27. The molecule has 154 valence electrons. The van der Waals surface area contributed by atoms with Crippen LogP contribution < -0.4 is 4.90 Å². The maximum absolute atomic E-state index is 13.5. The minimum absolute atomic E-state index is 0.0274. The van der Waals surface area contributed by atoms with Crippen LogP contribution in [0, 0.1) is 0 Å². The third-order valence-corrected chi connectivity index (χ3v) is 6.71. The van der Waals surface area contributed by atoms with Crippen molar-refractivity contribution in [3.63, 3.8) is 0 Å². The zero-order valence-corrected chi connectivity index (χ0v) is 17.5. The van der Waals surface area contributed by atoms with E-state index in [2.05, 4.69) is 50.8 Å². The first-order valence-electron chi connectivity index (χ1n) is 10.9. The first-order chi connectivity index (χ1) is 14.1. The van der Waals surface area contributed by atoms with Crippen molar-refractivity contribution in [1.29, 1.82) is 0 Å². The van der Waals surface area contributed by atoms with Crippen molar-refractivity contribution in [3.05, 3.63) is 41.0 Å². The number of carbonyl (C=O) groups is 1. The van der Waals surface area contributed by atoms with E-state index in [1.54, 1.807) is 0 Å². The SMILES string of the molecule is CN1CCn2c(nnc2C2CCCCN2C(=O)c2ccc3c(c2)CCCN3C)C1. The summed E-state index contributed by atoms with van der Waals surface area (Å²) >= 11 is 0. The second kappa shape index (κ2) is 7.44. The number of carbonyl (C=O) groups excluding carboxylic acids is 1. The Kier molecular flexibility index (Phi) is 4.78. The summed E-state index contributed by atoms with van der Waals surface area (Å²) < 4.78 is 2.25. The van der Waals surface area contributed by atoms with Gasteiger partial charge in [-0.1, -0.05) is 0 Å². The maximum atomic E-state index is 13.5. The van der Waals surface area contributed by atoms with Crippen LogP contribution in [0.15, 0.2) is 18.2 Å². The highest BCUT2D eigenvalue weighted by Crippen LogP contribution is 2.33. The molecular formula is C22H30N6O. The molecule has 7 heteroatoms. The average Bonchev–Trinajstić information content (AvgIpc) is 3.16. The number of amides is 1. The van der Waals surface area contributed by atoms with Crippen molar-refractivity contribution in [1.82, 2.24) is 24.6 Å². The van der Waals surface area contributed by atoms with Crippen LogP contribution in [0.25, 0.3) is 0 Å². The van der Waals surface area contributed by atoms with Crippen LogP contribution in [0.2, 0.25) is 0 Å². The van der Waals surface area contributed by atoms with Crippen LogP contribution in [0.3, 0.4) is 0 Å². The number of nitrogens with zero attached hydrogens (tertiary/aromatic N) is 6. The Bertz CT molecular complexity index is 922. The fourth-order valence-electron chi connectivity index (χ4n) is 5.07. The van der Waals surface area contributed by atoms with Gasteiger partial charge in [0.1, 0.15) is 5.82 Å². The molecule has 1 saturated heterocycles. The van der Waals surface area contributed by atoms with Gasteiger partial charge in [-0.15, -0.1) is 10.2 Å². The monoisotopic (exact) mass is 394 g/mol. The van der Waals surface area contributed by atoms with Crippen LogP contribution >= 0.6 is 0 Å². The third-order valence-electron chi connectivity index (χ3n) is 6.71. The van der Waals surface area contributed by atoms with Gasteiger partial charge < -0.3 is 14.4 Å². The molecule has 0 radical (unpaired) electrons. The quantitative estimate of drug-likeness (QED) is 0.783. The van der Waals surface area contributed by atoms with E-state index in [9.17, 15) is 4.79 Å². The van der Waals surface area contributed by atoms with E-state index in [4.69, 9.17) is 0 Å². The van der Waals surface area contributed by atoms with Gasteiger partial charge in [0.05, 0.1) is 12.6 Å². The number of likely N-dealkylation sites (N-methyl/N-ethyl adjacent to an activating group) is 1. The van der Waals surface area contributed by atoms with E-state index >= 15 is 0 Å². The number of fused-ring (bicyclic) bond motifs is 2. The molecule has 4 heterocycles. The summed E-state index contributed by atoms with van der Waals surface area (Å²) in [6.07, 6.45) is 5.35. The number of aryl methyl sites for hydroxylation is 1. The van der Waals surface area contributed by atoms with Gasteiger partial charge in [0.15, 0.2) is 5.82 Å². The molecule has 7 nitrogen and oxygen atoms in total. The zero-order valence-electron chi connectivity index (χ0n) is 17.5. The summed E-state index contributed by atoms with van der Waals surface area (Å²) in [4.78, 5) is 20.1. The van der Waals surface area contributed by atoms with Gasteiger partial charge in [0, 0.05) is 44.5 Å². The molecular weight excluding hydrogens is 364 g/mol. The maximum Gasteiger partial charge on any atom is 0.254 e. The number of hydrogen-bond acceptors (Lipinski definition) is 5. The smallest absolute Gasteiger partial charge is 0.254 e. The summed E-state index contributed by atoms with van der Waals surface area (Å²) in [6.45, 7) is 4.60. The Balaban J connectivity index is 1.44. The topological polar surface area (TPSA) is 57.5 Å². The first-order valence-corrected chi connectivity index (χ1v) is 10.9. The summed E-state index contributed by atoms with van der Waals surface area (Å²) in [5, 5.41) is 8.99. The van der Waals surface area contributed by atoms with E-state index in [0.717, 1.165) is 82.0 Å². The lowest BCUT2D eigenvalue weighted by Crippen LogP contribution is -2.41. The van der Waals surface area contributed by atoms with E-state index in [1.807, 2.05) is 11.0 Å². The minimum Gasteiger partial charge on any atom is -0.374 e. The Morgan fingerprint density at radius 2 is 1.93 bits per heavy atom. The van der Waals surface area contributed by atoms with Gasteiger partial charge in [0.2, 0.25) is 0 Å². The highest BCUT2D eigenvalue weighted by molar-refractivity contribution is 5.95. The lowest BCUT2D eigenvalue weighted by molar-refractivity contribution is 0.0591. The Hall–Kier alpha value is -2.41. The van der Waals surface area contributed by atoms with Crippen LogP contribution in [-0.2, 0) is 19.5 Å². The Morgan fingerprint density at radius 1 is 1.03 bits per heavy atom. The van der Waals surface area contributed by atoms with E-state index < -0.39 is 0 Å². The number of likely N-dealkylation sites (tertiary alicyclic amines) is 1. The van der Waals surface area contributed by atoms with Crippen LogP contribution in [0.4, 0.5) is 5.69 Å². The molecule has 0 bridgehead atoms. The van der Waals surface area contributed by atoms with Crippen molar-refractivity contribution in [2.45, 2.75) is 51.2 Å². The van der Waals surface area contributed by atoms with Crippen LogP contribution in [0.1, 0.15) is 59.3 Å². The van der Waals surface area contributed by atoms with Gasteiger partial charge in [-0.3, -0.25) is 9.69 Å². The number of aromatic nitrogens is 3. The summed E-state index contributed by atoms with van der Waals surface area (Å²) in [5.41, 5.74) is 3.36. The van der Waals surface area contributed by atoms with Crippen molar-refractivity contribution in [2.24, 2.45) is 0 Å². The van der Waals surface area contributed by atoms with Crippen molar-refractivity contribution in [3.8, 4) is 0 Å². The largest absolute Gasteiger partial charge is 0.374 e. The summed E-state index contributed by atoms with van der Waals surface area (Å²) in [5.74, 6) is 2.12. The Morgan fingerprint density at radius 3 is 2.83 bits per heavy atom. The first kappa shape index (κ1) is 18.6. The van der Waals surface area contributed by atoms with Crippen LogP contribution in [0.5, 0.6) is 0 Å². The van der Waals surface area contributed by atoms with E-state index in [1.165, 1.54) is 11.3 Å². The standard InChI is InChI=1S/C22H30N6O/c1-25-12-13-28-20(15-25)23-24-21(28)19-7-3-4-11-27(19)22(29)17-8-9-18-16(14-17)6-5-10-26(18)2/h8-9,14,19H,3-7,10-13,15H2,1-2H3. The second-order valence-corrected chi connectivity index (χ2v) is 8.74. The fourth-order valence-corrected chi connectivity index (χ4v) is 5.07. The van der Waals surface area contributed by atoms with Gasteiger partial charge in [0.25, 0.3) is 5.91 Å². The predicted molar refractivity (Wildman–Crippen MR) is 112 cm³/mol. The van der Waals surface area contributed by atoms with Crippen LogP contribution in [-0.4, -0.2) is 64.2 Å². The van der Waals surface area contributed by atoms with Gasteiger partial charge in [-0.2, -0.15) is 0 Å². The van der Waals surface area contributed by atoms with Crippen molar-refractivity contribution < 1.29 is 4.79 Å². The fraction of sp³-hybridized carbons (Fsp3) is 0.591. The van der Waals surface area contributed by atoms with Gasteiger partial charge >= 0.3 is 0 Å². The molecule has 1 aromatic carbocycles. The molecule has 1 amide bonds. The molecule has 0 aliphatic carbocycles. The molecule has 1 unspecified atom stereocenters. The number of anilines is 1. The lowest BCUT2D eigenvalue weighted by Gasteiger charge is -2.36. The van der Waals surface area contributed by atoms with Crippen molar-refractivity contribution >= 4 is 11.6 Å². The molecule has 0 saturated carbocycles. The molecule has 1 atom stereocenters. The number of hydrogen-bond donors (Lipinski definition) is 0. The predicted octanol–water partition coefficient (Wildman–Crippen LogP) is 2.47. The Labute approximate surface area is 172 Å². The summed E-state index contributed by atoms with van der Waals surface area (Å²) in [7, 11) is 4.24.